The maximum atomic E-state index is 12.5. The van der Waals surface area contributed by atoms with Crippen molar-refractivity contribution in [2.75, 3.05) is 11.5 Å². The number of hydrogen-bond acceptors (Lipinski definition) is 9. The lowest BCUT2D eigenvalue weighted by Crippen LogP contribution is -2.42. The molecule has 0 fully saturated rings. The van der Waals surface area contributed by atoms with Gasteiger partial charge in [0.1, 0.15) is 0 Å². The minimum Gasteiger partial charge on any atom is -0.399 e. The monoisotopic (exact) mass is 454 g/mol. The van der Waals surface area contributed by atoms with Crippen molar-refractivity contribution >= 4 is 49.0 Å². The van der Waals surface area contributed by atoms with E-state index in [4.69, 9.17) is 11.5 Å². The first-order chi connectivity index (χ1) is 13.7. The van der Waals surface area contributed by atoms with E-state index in [1.54, 1.807) is 0 Å². The Morgan fingerprint density at radius 1 is 0.700 bits per heavy atom. The first-order valence-corrected chi connectivity index (χ1v) is 11.1. The van der Waals surface area contributed by atoms with Crippen LogP contribution in [0.15, 0.2) is 46.2 Å². The standard InChI is InChI=1S/C17H18N4O7S2/c1-9(22)13-7-11(18)3-5-15(13)29(25,26)20-17(24)21-30(27,28)16-6-4-12(19)8-14(16)10(2)23/h3-8H,18-19H2,1-2H3,(H2,20,21,24). The van der Waals surface area contributed by atoms with Crippen LogP contribution in [0, 0.1) is 0 Å². The molecule has 0 unspecified atom stereocenters. The molecule has 2 aromatic rings. The normalized spacial score (nSPS) is 11.5. The number of carbonyl (C=O) groups excluding carboxylic acids is 3. The van der Waals surface area contributed by atoms with Gasteiger partial charge in [-0.25, -0.2) is 31.1 Å². The fourth-order valence-electron chi connectivity index (χ4n) is 2.49. The summed E-state index contributed by atoms with van der Waals surface area (Å²) in [6, 6.07) is 5.01. The van der Waals surface area contributed by atoms with Gasteiger partial charge >= 0.3 is 6.03 Å². The van der Waals surface area contributed by atoms with Crippen LogP contribution in [0.3, 0.4) is 0 Å². The number of benzene rings is 2. The van der Waals surface area contributed by atoms with Crippen LogP contribution in [0.1, 0.15) is 34.6 Å². The average molecular weight is 454 g/mol. The van der Waals surface area contributed by atoms with E-state index in [2.05, 4.69) is 0 Å². The van der Waals surface area contributed by atoms with Crippen LogP contribution in [0.4, 0.5) is 16.2 Å². The van der Waals surface area contributed by atoms with Crippen LogP contribution in [-0.2, 0) is 20.0 Å². The maximum absolute atomic E-state index is 12.5. The van der Waals surface area contributed by atoms with E-state index < -0.39 is 47.4 Å². The summed E-state index contributed by atoms with van der Waals surface area (Å²) in [6.07, 6.45) is 0. The minimum atomic E-state index is -4.63. The Morgan fingerprint density at radius 2 is 1.03 bits per heavy atom. The molecule has 0 radical (unpaired) electrons. The zero-order chi connectivity index (χ0) is 22.9. The van der Waals surface area contributed by atoms with E-state index in [1.165, 1.54) is 21.6 Å². The van der Waals surface area contributed by atoms with Crippen LogP contribution in [-0.4, -0.2) is 34.4 Å². The molecule has 0 atom stereocenters. The summed E-state index contributed by atoms with van der Waals surface area (Å²) in [7, 11) is -9.26. The first-order valence-electron chi connectivity index (χ1n) is 8.15. The molecule has 0 saturated heterocycles. The molecule has 160 valence electrons. The molecular weight excluding hydrogens is 436 g/mol. The van der Waals surface area contributed by atoms with Crippen molar-refractivity contribution in [3.8, 4) is 0 Å². The number of nitrogens with one attached hydrogen (secondary N) is 2. The molecule has 0 aliphatic heterocycles. The SMILES string of the molecule is CC(=O)c1cc(N)ccc1S(=O)(=O)NC(=O)NS(=O)(=O)c1ccc(N)cc1C(C)=O. The van der Waals surface area contributed by atoms with Gasteiger partial charge in [0, 0.05) is 22.5 Å². The molecule has 30 heavy (non-hydrogen) atoms. The molecule has 2 rings (SSSR count). The van der Waals surface area contributed by atoms with Crippen LogP contribution in [0.25, 0.3) is 0 Å². The highest BCUT2D eigenvalue weighted by molar-refractivity contribution is 7.91. The number of nitrogens with two attached hydrogens (primary N) is 2. The lowest BCUT2D eigenvalue weighted by molar-refractivity contribution is 0.100. The third-order valence-electron chi connectivity index (χ3n) is 3.80. The van der Waals surface area contributed by atoms with Gasteiger partial charge in [-0.05, 0) is 50.2 Å². The number of sulfonamides is 2. The molecule has 0 aliphatic rings. The average Bonchev–Trinajstić information content (AvgIpc) is 2.59. The van der Waals surface area contributed by atoms with Crippen molar-refractivity contribution in [2.45, 2.75) is 23.6 Å². The number of nitrogen functional groups attached to an aromatic ring is 2. The number of carbonyl (C=O) groups is 3. The molecule has 0 spiro atoms. The lowest BCUT2D eigenvalue weighted by Gasteiger charge is -2.13. The molecule has 0 aliphatic carbocycles. The van der Waals surface area contributed by atoms with Crippen LogP contribution in [0.5, 0.6) is 0 Å². The van der Waals surface area contributed by atoms with Gasteiger partial charge < -0.3 is 11.5 Å². The Morgan fingerprint density at radius 3 is 1.33 bits per heavy atom. The number of rotatable bonds is 6. The topological polar surface area (TPSA) is 196 Å². The second-order valence-corrected chi connectivity index (χ2v) is 9.47. The first kappa shape index (κ1) is 22.8. The van der Waals surface area contributed by atoms with E-state index in [9.17, 15) is 31.2 Å². The van der Waals surface area contributed by atoms with Crippen molar-refractivity contribution in [1.82, 2.24) is 9.44 Å². The second kappa shape index (κ2) is 8.12. The summed E-state index contributed by atoms with van der Waals surface area (Å²) in [5.41, 5.74) is 10.8. The molecule has 6 N–H and O–H groups in total. The van der Waals surface area contributed by atoms with Crippen LogP contribution < -0.4 is 20.9 Å². The largest absolute Gasteiger partial charge is 0.399 e. The van der Waals surface area contributed by atoms with Gasteiger partial charge in [0.25, 0.3) is 20.0 Å². The molecule has 2 aromatic carbocycles. The number of ketones is 2. The van der Waals surface area contributed by atoms with Gasteiger partial charge in [0.05, 0.1) is 9.79 Å². The molecule has 0 saturated carbocycles. The third kappa shape index (κ3) is 4.93. The van der Waals surface area contributed by atoms with Gasteiger partial charge in [0.15, 0.2) is 11.6 Å². The summed E-state index contributed by atoms with van der Waals surface area (Å²) in [5.74, 6) is -1.27. The Hall–Kier alpha value is -3.45. The maximum Gasteiger partial charge on any atom is 0.342 e. The minimum absolute atomic E-state index is 0.117. The van der Waals surface area contributed by atoms with Gasteiger partial charge in [-0.1, -0.05) is 0 Å². The number of urea groups is 1. The predicted molar refractivity (Wildman–Crippen MR) is 108 cm³/mol. The zero-order valence-corrected chi connectivity index (χ0v) is 17.4. The van der Waals surface area contributed by atoms with Crippen molar-refractivity contribution in [3.05, 3.63) is 47.5 Å². The Kier molecular flexibility index (Phi) is 6.18. The molecule has 11 nitrogen and oxygen atoms in total. The van der Waals surface area contributed by atoms with E-state index in [-0.39, 0.29) is 22.5 Å². The van der Waals surface area contributed by atoms with Crippen molar-refractivity contribution in [3.63, 3.8) is 0 Å². The summed E-state index contributed by atoms with van der Waals surface area (Å²) < 4.78 is 53.0. The highest BCUT2D eigenvalue weighted by atomic mass is 32.2. The van der Waals surface area contributed by atoms with Crippen molar-refractivity contribution < 1.29 is 31.2 Å². The molecule has 0 aromatic heterocycles. The van der Waals surface area contributed by atoms with Crippen LogP contribution >= 0.6 is 0 Å². The van der Waals surface area contributed by atoms with Crippen molar-refractivity contribution in [1.29, 1.82) is 0 Å². The summed E-state index contributed by atoms with van der Waals surface area (Å²) >= 11 is 0. The lowest BCUT2D eigenvalue weighted by atomic mass is 10.1. The quantitative estimate of drug-likeness (QED) is 0.357. The Balaban J connectivity index is 2.36. The fourth-order valence-corrected chi connectivity index (χ4v) is 4.84. The zero-order valence-electron chi connectivity index (χ0n) is 15.8. The molecular formula is C17H18N4O7S2. The Labute approximate surface area is 172 Å². The summed E-state index contributed by atoms with van der Waals surface area (Å²) in [5, 5.41) is 0. The highest BCUT2D eigenvalue weighted by Gasteiger charge is 2.28. The highest BCUT2D eigenvalue weighted by Crippen LogP contribution is 2.21. The van der Waals surface area contributed by atoms with E-state index >= 15 is 0 Å². The second-order valence-electron chi connectivity index (χ2n) is 6.16. The predicted octanol–water partition coefficient (Wildman–Crippen LogP) is 0.633. The summed E-state index contributed by atoms with van der Waals surface area (Å²) in [6.45, 7) is 2.20. The number of amides is 2. The molecule has 0 bridgehead atoms. The molecule has 2 amide bonds. The Bertz CT molecular complexity index is 1170. The molecule has 13 heteroatoms. The van der Waals surface area contributed by atoms with Crippen molar-refractivity contribution in [2.24, 2.45) is 0 Å². The van der Waals surface area contributed by atoms with Gasteiger partial charge in [0.2, 0.25) is 0 Å². The van der Waals surface area contributed by atoms with Gasteiger partial charge in [-0.15, -0.1) is 0 Å². The molecule has 0 heterocycles. The number of hydrogen-bond donors (Lipinski definition) is 4. The number of anilines is 2. The smallest absolute Gasteiger partial charge is 0.342 e. The summed E-state index contributed by atoms with van der Waals surface area (Å²) in [4.78, 5) is 34.4. The van der Waals surface area contributed by atoms with Gasteiger partial charge in [-0.3, -0.25) is 9.59 Å². The van der Waals surface area contributed by atoms with Gasteiger partial charge in [-0.2, -0.15) is 0 Å². The van der Waals surface area contributed by atoms with Crippen LogP contribution in [0.2, 0.25) is 0 Å². The van der Waals surface area contributed by atoms with E-state index in [0.29, 0.717) is 0 Å². The number of Topliss-reactive ketones (excluding diaryl/α,β-unsaturated/α-hetero) is 2. The fraction of sp³-hybridized carbons (Fsp3) is 0.118. The van der Waals surface area contributed by atoms with E-state index in [1.807, 2.05) is 0 Å². The van der Waals surface area contributed by atoms with E-state index in [0.717, 1.165) is 38.1 Å². The third-order valence-corrected chi connectivity index (χ3v) is 6.58.